The molecule has 0 aromatic carbocycles. The molecule has 5 nitrogen and oxygen atoms in total. The van der Waals surface area contributed by atoms with Gasteiger partial charge in [-0.3, -0.25) is 9.97 Å². The van der Waals surface area contributed by atoms with Crippen molar-refractivity contribution < 1.29 is 5.11 Å². The number of hydrogen-bond acceptors (Lipinski definition) is 5. The number of rotatable bonds is 2. The zero-order chi connectivity index (χ0) is 14.2. The van der Waals surface area contributed by atoms with Gasteiger partial charge in [-0.15, -0.1) is 0 Å². The first-order valence-corrected chi connectivity index (χ1v) is 7.49. The highest BCUT2D eigenvalue weighted by Gasteiger charge is 2.29. The molecule has 4 rings (SSSR count). The molecular weight excluding hydrogens is 284 g/mol. The van der Waals surface area contributed by atoms with Gasteiger partial charge < -0.3 is 9.67 Å². The van der Waals surface area contributed by atoms with Gasteiger partial charge in [-0.1, -0.05) is 23.9 Å². The quantitative estimate of drug-likeness (QED) is 0.787. The van der Waals surface area contributed by atoms with Crippen LogP contribution >= 0.6 is 11.8 Å². The number of imidazole rings is 1. The van der Waals surface area contributed by atoms with Crippen molar-refractivity contribution in [2.75, 3.05) is 0 Å². The lowest BCUT2D eigenvalue weighted by Crippen LogP contribution is -2.06. The molecule has 0 amide bonds. The van der Waals surface area contributed by atoms with E-state index in [0.29, 0.717) is 6.54 Å². The van der Waals surface area contributed by atoms with E-state index in [2.05, 4.69) is 15.0 Å². The van der Waals surface area contributed by atoms with E-state index in [1.54, 1.807) is 12.4 Å². The monoisotopic (exact) mass is 296 g/mol. The molecule has 0 aliphatic carbocycles. The Bertz CT molecular complexity index is 773. The van der Waals surface area contributed by atoms with Crippen LogP contribution in [0.4, 0.5) is 0 Å². The third-order valence-electron chi connectivity index (χ3n) is 3.33. The highest BCUT2D eigenvalue weighted by Crippen LogP contribution is 2.39. The van der Waals surface area contributed by atoms with Crippen LogP contribution in [0.2, 0.25) is 0 Å². The van der Waals surface area contributed by atoms with Gasteiger partial charge in [0.05, 0.1) is 23.6 Å². The van der Waals surface area contributed by atoms with Crippen molar-refractivity contribution in [2.45, 2.75) is 17.1 Å². The molecule has 3 aromatic heterocycles. The van der Waals surface area contributed by atoms with Crippen molar-refractivity contribution in [1.29, 1.82) is 0 Å². The summed E-state index contributed by atoms with van der Waals surface area (Å²) >= 11 is 1.37. The molecule has 21 heavy (non-hydrogen) atoms. The summed E-state index contributed by atoms with van der Waals surface area (Å²) in [5.74, 6) is 0. The minimum absolute atomic E-state index is 0.451. The van der Waals surface area contributed by atoms with Gasteiger partial charge in [0.25, 0.3) is 0 Å². The molecule has 6 heteroatoms. The van der Waals surface area contributed by atoms with Crippen LogP contribution in [0.5, 0.6) is 0 Å². The molecular formula is C15H12N4OS. The summed E-state index contributed by atoms with van der Waals surface area (Å²) in [6, 6.07) is 11.5. The highest BCUT2D eigenvalue weighted by atomic mass is 32.2. The van der Waals surface area contributed by atoms with Crippen molar-refractivity contribution in [3.63, 3.8) is 0 Å². The Balaban J connectivity index is 1.95. The Hall–Kier alpha value is -2.18. The second-order valence-corrected chi connectivity index (χ2v) is 5.85. The van der Waals surface area contributed by atoms with Crippen molar-refractivity contribution in [2.24, 2.45) is 0 Å². The Morgan fingerprint density at radius 2 is 1.76 bits per heavy atom. The van der Waals surface area contributed by atoms with Crippen LogP contribution in [0.15, 0.2) is 53.9 Å². The van der Waals surface area contributed by atoms with Gasteiger partial charge in [0.2, 0.25) is 0 Å². The van der Waals surface area contributed by atoms with Gasteiger partial charge in [-0.2, -0.15) is 0 Å². The first-order valence-electron chi connectivity index (χ1n) is 6.61. The molecule has 0 fully saturated rings. The van der Waals surface area contributed by atoms with E-state index >= 15 is 0 Å². The van der Waals surface area contributed by atoms with Gasteiger partial charge in [-0.25, -0.2) is 4.98 Å². The fraction of sp³-hybridized carbons (Fsp3) is 0.133. The standard InChI is InChI=1S/C15H12N4OS/c20-12-9-19-14(11-6-2-4-8-17-11)13(18-15(19)21-12)10-5-1-3-7-16-10/h1-8,12,20H,9H2. The van der Waals surface area contributed by atoms with E-state index in [9.17, 15) is 5.11 Å². The predicted octanol–water partition coefficient (Wildman–Crippen LogP) is 2.43. The summed E-state index contributed by atoms with van der Waals surface area (Å²) in [4.78, 5) is 13.5. The smallest absolute Gasteiger partial charge is 0.171 e. The Morgan fingerprint density at radius 1 is 1.05 bits per heavy atom. The van der Waals surface area contributed by atoms with E-state index < -0.39 is 5.44 Å². The molecule has 3 aromatic rings. The number of hydrogen-bond donors (Lipinski definition) is 1. The maximum Gasteiger partial charge on any atom is 0.171 e. The predicted molar refractivity (Wildman–Crippen MR) is 80.6 cm³/mol. The second kappa shape index (κ2) is 4.98. The first kappa shape index (κ1) is 12.6. The maximum absolute atomic E-state index is 9.84. The van der Waals surface area contributed by atoms with E-state index in [-0.39, 0.29) is 0 Å². The molecule has 1 aliphatic heterocycles. The second-order valence-electron chi connectivity index (χ2n) is 4.70. The van der Waals surface area contributed by atoms with Crippen LogP contribution in [0.1, 0.15) is 0 Å². The van der Waals surface area contributed by atoms with Crippen molar-refractivity contribution in [3.05, 3.63) is 48.8 Å². The normalized spacial score (nSPS) is 16.9. The van der Waals surface area contributed by atoms with Crippen molar-refractivity contribution >= 4 is 11.8 Å². The molecule has 1 aliphatic rings. The number of aliphatic hydroxyl groups excluding tert-OH is 1. The molecule has 0 saturated heterocycles. The van der Waals surface area contributed by atoms with E-state index in [0.717, 1.165) is 27.9 Å². The Kier molecular flexibility index (Phi) is 2.98. The van der Waals surface area contributed by atoms with Gasteiger partial charge >= 0.3 is 0 Å². The number of aromatic nitrogens is 4. The Labute approximate surface area is 125 Å². The molecule has 4 heterocycles. The lowest BCUT2D eigenvalue weighted by Gasteiger charge is -2.07. The topological polar surface area (TPSA) is 63.8 Å². The molecule has 104 valence electrons. The summed E-state index contributed by atoms with van der Waals surface area (Å²) in [5.41, 5.74) is 2.92. The number of fused-ring (bicyclic) bond motifs is 1. The van der Waals surface area contributed by atoms with E-state index in [1.165, 1.54) is 11.8 Å². The SMILES string of the molecule is OC1Cn2c(nc(-c3ccccn3)c2-c2ccccn2)S1. The zero-order valence-corrected chi connectivity index (χ0v) is 11.9. The van der Waals surface area contributed by atoms with Crippen LogP contribution in [0.3, 0.4) is 0 Å². The van der Waals surface area contributed by atoms with E-state index in [1.807, 2.05) is 41.0 Å². The fourth-order valence-corrected chi connectivity index (χ4v) is 3.35. The maximum atomic E-state index is 9.84. The fourth-order valence-electron chi connectivity index (χ4n) is 2.45. The number of thioether (sulfide) groups is 1. The molecule has 0 saturated carbocycles. The van der Waals surface area contributed by atoms with Crippen LogP contribution < -0.4 is 0 Å². The third-order valence-corrected chi connectivity index (χ3v) is 4.27. The average molecular weight is 296 g/mol. The highest BCUT2D eigenvalue weighted by molar-refractivity contribution is 7.99. The first-order chi connectivity index (χ1) is 10.3. The summed E-state index contributed by atoms with van der Waals surface area (Å²) in [6.45, 7) is 0.520. The molecule has 0 spiro atoms. The minimum Gasteiger partial charge on any atom is -0.380 e. The number of nitrogens with zero attached hydrogens (tertiary/aromatic N) is 4. The third kappa shape index (κ3) is 2.12. The van der Waals surface area contributed by atoms with Gasteiger partial charge in [-0.05, 0) is 24.3 Å². The zero-order valence-electron chi connectivity index (χ0n) is 11.0. The lowest BCUT2D eigenvalue weighted by atomic mass is 10.1. The number of aliphatic hydroxyl groups is 1. The minimum atomic E-state index is -0.451. The van der Waals surface area contributed by atoms with Gasteiger partial charge in [0.15, 0.2) is 5.16 Å². The van der Waals surface area contributed by atoms with Gasteiger partial charge in [0, 0.05) is 12.4 Å². The lowest BCUT2D eigenvalue weighted by molar-refractivity contribution is 0.248. The van der Waals surface area contributed by atoms with Crippen molar-refractivity contribution in [3.8, 4) is 22.8 Å². The average Bonchev–Trinajstić information content (AvgIpc) is 3.05. The molecule has 0 radical (unpaired) electrons. The van der Waals surface area contributed by atoms with Gasteiger partial charge in [0.1, 0.15) is 11.1 Å². The van der Waals surface area contributed by atoms with Crippen LogP contribution in [0, 0.1) is 0 Å². The van der Waals surface area contributed by atoms with Crippen LogP contribution in [0.25, 0.3) is 22.8 Å². The molecule has 0 bridgehead atoms. The van der Waals surface area contributed by atoms with Crippen LogP contribution in [-0.4, -0.2) is 30.1 Å². The largest absolute Gasteiger partial charge is 0.380 e. The molecule has 1 atom stereocenters. The number of pyridine rings is 2. The van der Waals surface area contributed by atoms with Crippen molar-refractivity contribution in [1.82, 2.24) is 19.5 Å². The summed E-state index contributed by atoms with van der Waals surface area (Å²) in [5, 5.41) is 10.6. The summed E-state index contributed by atoms with van der Waals surface area (Å²) in [6.07, 6.45) is 3.51. The molecule has 1 N–H and O–H groups in total. The summed E-state index contributed by atoms with van der Waals surface area (Å²) < 4.78 is 2.02. The molecule has 1 unspecified atom stereocenters. The van der Waals surface area contributed by atoms with E-state index in [4.69, 9.17) is 0 Å². The van der Waals surface area contributed by atoms with Crippen LogP contribution in [-0.2, 0) is 6.54 Å². The summed E-state index contributed by atoms with van der Waals surface area (Å²) in [7, 11) is 0. The Morgan fingerprint density at radius 3 is 2.43 bits per heavy atom.